The van der Waals surface area contributed by atoms with Gasteiger partial charge in [0.2, 0.25) is 0 Å². The van der Waals surface area contributed by atoms with Crippen LogP contribution in [0.5, 0.6) is 5.75 Å². The molecule has 1 aromatic heterocycles. The van der Waals surface area contributed by atoms with E-state index in [4.69, 9.17) is 10.00 Å². The predicted octanol–water partition coefficient (Wildman–Crippen LogP) is 2.46. The maximum atomic E-state index is 8.73. The number of rotatable bonds is 6. The molecule has 0 unspecified atom stereocenters. The first-order valence-corrected chi connectivity index (χ1v) is 7.94. The Hall–Kier alpha value is -2.46. The van der Waals surface area contributed by atoms with E-state index < -0.39 is 0 Å². The fourth-order valence-electron chi connectivity index (χ4n) is 1.66. The molecular weight excluding hydrogens is 298 g/mol. The Morgan fingerprint density at radius 1 is 1.45 bits per heavy atom. The Morgan fingerprint density at radius 3 is 2.95 bits per heavy atom. The van der Waals surface area contributed by atoms with Crippen LogP contribution in [0.25, 0.3) is 0 Å². The van der Waals surface area contributed by atoms with Crippen LogP contribution in [0.1, 0.15) is 11.4 Å². The summed E-state index contributed by atoms with van der Waals surface area (Å²) in [4.78, 5) is 11.6. The van der Waals surface area contributed by atoms with Gasteiger partial charge in [0.15, 0.2) is 6.19 Å². The third-order valence-electron chi connectivity index (χ3n) is 2.78. The number of aliphatic imine (C=N–C) groups is 1. The number of benzene rings is 1. The Labute approximate surface area is 133 Å². The molecule has 2 rings (SSSR count). The van der Waals surface area contributed by atoms with Gasteiger partial charge in [-0.25, -0.2) is 15.3 Å². The van der Waals surface area contributed by atoms with Crippen LogP contribution in [0.4, 0.5) is 0 Å². The van der Waals surface area contributed by atoms with E-state index in [1.54, 1.807) is 18.1 Å². The Bertz CT molecular complexity index is 647. The molecule has 1 aromatic carbocycles. The fourth-order valence-corrected chi connectivity index (χ4v) is 2.51. The zero-order chi connectivity index (χ0) is 15.6. The van der Waals surface area contributed by atoms with Gasteiger partial charge in [0.1, 0.15) is 5.75 Å². The molecule has 0 saturated heterocycles. The van der Waals surface area contributed by atoms with Crippen molar-refractivity contribution >= 4 is 17.8 Å². The molecule has 7 heteroatoms. The molecule has 0 atom stereocenters. The van der Waals surface area contributed by atoms with E-state index in [9.17, 15) is 0 Å². The Balaban J connectivity index is 1.78. The normalized spacial score (nSPS) is 11.0. The van der Waals surface area contributed by atoms with Gasteiger partial charge < -0.3 is 9.72 Å². The lowest BCUT2D eigenvalue weighted by Gasteiger charge is -2.06. The number of nitrogens with zero attached hydrogens (tertiary/aromatic N) is 3. The second-order valence-corrected chi connectivity index (χ2v) is 5.47. The average molecular weight is 315 g/mol. The van der Waals surface area contributed by atoms with Crippen LogP contribution in [-0.2, 0) is 5.75 Å². The first kappa shape index (κ1) is 15.9. The van der Waals surface area contributed by atoms with Crippen molar-refractivity contribution in [3.8, 4) is 11.9 Å². The lowest BCUT2D eigenvalue weighted by Crippen LogP contribution is -2.25. The highest BCUT2D eigenvalue weighted by molar-refractivity contribution is 7.98. The number of hydrogen-bond acceptors (Lipinski definition) is 5. The number of imidazole rings is 1. The van der Waals surface area contributed by atoms with Crippen LogP contribution in [0.15, 0.2) is 41.7 Å². The van der Waals surface area contributed by atoms with Crippen molar-refractivity contribution in [2.24, 2.45) is 4.99 Å². The number of ether oxygens (including phenoxy) is 1. The highest BCUT2D eigenvalue weighted by Crippen LogP contribution is 2.12. The molecule has 6 nitrogen and oxygen atoms in total. The smallest absolute Gasteiger partial charge is 0.303 e. The van der Waals surface area contributed by atoms with Crippen molar-refractivity contribution < 1.29 is 4.74 Å². The standard InChI is InChI=1S/C15H17N5OS/c1-12-14(20-11-19-12)9-22-8-7-17-15(18-10-16)21-13-5-3-2-4-6-13/h2-6,11H,7-9H2,1H3,(H,17,18)(H,19,20). The monoisotopic (exact) mass is 315 g/mol. The van der Waals surface area contributed by atoms with Gasteiger partial charge >= 0.3 is 6.02 Å². The van der Waals surface area contributed by atoms with Crippen molar-refractivity contribution in [3.05, 3.63) is 48.0 Å². The number of nitriles is 1. The molecule has 0 radical (unpaired) electrons. The summed E-state index contributed by atoms with van der Waals surface area (Å²) < 4.78 is 5.52. The summed E-state index contributed by atoms with van der Waals surface area (Å²) in [7, 11) is 0. The van der Waals surface area contributed by atoms with Crippen LogP contribution in [0, 0.1) is 18.4 Å². The molecule has 0 spiro atoms. The predicted molar refractivity (Wildman–Crippen MR) is 87.6 cm³/mol. The number of aromatic nitrogens is 2. The van der Waals surface area contributed by atoms with E-state index in [1.165, 1.54) is 0 Å². The molecule has 0 fully saturated rings. The van der Waals surface area contributed by atoms with Crippen LogP contribution < -0.4 is 10.1 Å². The second kappa shape index (κ2) is 8.74. The van der Waals surface area contributed by atoms with Crippen molar-refractivity contribution in [3.63, 3.8) is 0 Å². The topological polar surface area (TPSA) is 86.1 Å². The number of aryl methyl sites for hydroxylation is 1. The maximum absolute atomic E-state index is 8.73. The van der Waals surface area contributed by atoms with Crippen LogP contribution in [-0.4, -0.2) is 28.3 Å². The van der Waals surface area contributed by atoms with Gasteiger partial charge in [0, 0.05) is 17.2 Å². The van der Waals surface area contributed by atoms with Crippen molar-refractivity contribution in [2.45, 2.75) is 12.7 Å². The number of nitrogens with one attached hydrogen (secondary N) is 2. The molecule has 114 valence electrons. The minimum absolute atomic E-state index is 0.213. The molecular formula is C15H17N5OS. The minimum Gasteiger partial charge on any atom is -0.425 e. The summed E-state index contributed by atoms with van der Waals surface area (Å²) in [5.41, 5.74) is 2.15. The van der Waals surface area contributed by atoms with E-state index in [2.05, 4.69) is 20.3 Å². The second-order valence-electron chi connectivity index (χ2n) is 4.37. The third kappa shape index (κ3) is 5.14. The summed E-state index contributed by atoms with van der Waals surface area (Å²) in [6.07, 6.45) is 3.53. The lowest BCUT2D eigenvalue weighted by molar-refractivity contribution is 0.527. The zero-order valence-electron chi connectivity index (χ0n) is 12.2. The Kier molecular flexibility index (Phi) is 6.33. The van der Waals surface area contributed by atoms with Gasteiger partial charge in [0.25, 0.3) is 0 Å². The van der Waals surface area contributed by atoms with Crippen molar-refractivity contribution in [1.29, 1.82) is 5.26 Å². The van der Waals surface area contributed by atoms with Crippen molar-refractivity contribution in [2.75, 3.05) is 12.3 Å². The quantitative estimate of drug-likeness (QED) is 0.281. The van der Waals surface area contributed by atoms with Gasteiger partial charge in [0.05, 0.1) is 18.6 Å². The maximum Gasteiger partial charge on any atom is 0.303 e. The van der Waals surface area contributed by atoms with E-state index in [0.717, 1.165) is 22.9 Å². The molecule has 0 saturated carbocycles. The van der Waals surface area contributed by atoms with E-state index >= 15 is 0 Å². The minimum atomic E-state index is 0.213. The van der Waals surface area contributed by atoms with Gasteiger partial charge in [-0.05, 0) is 19.1 Å². The number of hydrogen-bond donors (Lipinski definition) is 2. The summed E-state index contributed by atoms with van der Waals surface area (Å²) in [5, 5.41) is 11.2. The largest absolute Gasteiger partial charge is 0.425 e. The third-order valence-corrected chi connectivity index (χ3v) is 3.73. The van der Waals surface area contributed by atoms with Gasteiger partial charge in [-0.1, -0.05) is 18.2 Å². The fraction of sp³-hybridized carbons (Fsp3) is 0.267. The van der Waals surface area contributed by atoms with Gasteiger partial charge in [-0.15, -0.1) is 0 Å². The molecule has 0 aliphatic carbocycles. The van der Waals surface area contributed by atoms with Crippen molar-refractivity contribution in [1.82, 2.24) is 15.3 Å². The SMILES string of the molecule is Cc1[nH]cnc1CSCCN=C(NC#N)Oc1ccccc1. The molecule has 0 bridgehead atoms. The highest BCUT2D eigenvalue weighted by Gasteiger charge is 2.02. The van der Waals surface area contributed by atoms with Crippen LogP contribution >= 0.6 is 11.8 Å². The molecule has 0 aliphatic rings. The van der Waals surface area contributed by atoms with Crippen LogP contribution in [0.2, 0.25) is 0 Å². The zero-order valence-corrected chi connectivity index (χ0v) is 13.1. The molecule has 22 heavy (non-hydrogen) atoms. The van der Waals surface area contributed by atoms with Gasteiger partial charge in [-0.2, -0.15) is 17.0 Å². The summed E-state index contributed by atoms with van der Waals surface area (Å²) >= 11 is 1.74. The summed E-state index contributed by atoms with van der Waals surface area (Å²) in [5.74, 6) is 2.30. The number of H-pyrrole nitrogens is 1. The average Bonchev–Trinajstić information content (AvgIpc) is 2.93. The number of aromatic amines is 1. The molecule has 0 aliphatic heterocycles. The number of amidine groups is 1. The van der Waals surface area contributed by atoms with E-state index in [-0.39, 0.29) is 6.02 Å². The lowest BCUT2D eigenvalue weighted by atomic mass is 10.3. The van der Waals surface area contributed by atoms with E-state index in [0.29, 0.717) is 12.3 Å². The molecule has 1 heterocycles. The van der Waals surface area contributed by atoms with Crippen LogP contribution in [0.3, 0.4) is 0 Å². The highest BCUT2D eigenvalue weighted by atomic mass is 32.2. The Morgan fingerprint density at radius 2 is 2.27 bits per heavy atom. The number of para-hydroxylation sites is 1. The molecule has 2 aromatic rings. The van der Waals surface area contributed by atoms with E-state index in [1.807, 2.05) is 43.4 Å². The summed E-state index contributed by atoms with van der Waals surface area (Å²) in [6.45, 7) is 2.56. The first-order valence-electron chi connectivity index (χ1n) is 6.78. The summed E-state index contributed by atoms with van der Waals surface area (Å²) in [6, 6.07) is 9.45. The molecule has 0 amide bonds. The first-order chi connectivity index (χ1) is 10.8. The van der Waals surface area contributed by atoms with Gasteiger partial charge in [-0.3, -0.25) is 0 Å². The number of thioether (sulfide) groups is 1. The molecule has 2 N–H and O–H groups in total.